The van der Waals surface area contributed by atoms with Gasteiger partial charge in [0.15, 0.2) is 0 Å². The second-order valence-corrected chi connectivity index (χ2v) is 4.32. The third kappa shape index (κ3) is 2.81. The van der Waals surface area contributed by atoms with E-state index in [9.17, 15) is 0 Å². The number of rotatable bonds is 3. The summed E-state index contributed by atoms with van der Waals surface area (Å²) in [6, 6.07) is 0.411. The summed E-state index contributed by atoms with van der Waals surface area (Å²) in [5.74, 6) is 0. The second-order valence-electron chi connectivity index (χ2n) is 4.32. The summed E-state index contributed by atoms with van der Waals surface area (Å²) >= 11 is 0. The maximum absolute atomic E-state index is 4.08. The van der Waals surface area contributed by atoms with Crippen LogP contribution in [0.15, 0.2) is 12.7 Å². The second kappa shape index (κ2) is 3.87. The lowest BCUT2D eigenvalue weighted by Gasteiger charge is -2.30. The predicted octanol–water partition coefficient (Wildman–Crippen LogP) is 0.912. The summed E-state index contributed by atoms with van der Waals surface area (Å²) in [5.41, 5.74) is 0.237. The van der Waals surface area contributed by atoms with Crippen LogP contribution in [0.25, 0.3) is 0 Å². The Morgan fingerprint density at radius 3 is 2.54 bits per heavy atom. The molecular weight excluding hydrogens is 164 g/mol. The number of nitrogens with one attached hydrogen (secondary N) is 1. The molecule has 4 nitrogen and oxygen atoms in total. The van der Waals surface area contributed by atoms with Crippen molar-refractivity contribution in [2.24, 2.45) is 5.41 Å². The average Bonchev–Trinajstić information content (AvgIpc) is 2.49. The Hall–Kier alpha value is -0.900. The third-order valence-electron chi connectivity index (χ3n) is 2.23. The Kier molecular flexibility index (Phi) is 3.03. The largest absolute Gasteiger partial charge is 0.315 e. The molecule has 0 aromatic carbocycles. The highest BCUT2D eigenvalue weighted by atomic mass is 15.3. The van der Waals surface area contributed by atoms with Gasteiger partial charge < -0.3 is 5.32 Å². The summed E-state index contributed by atoms with van der Waals surface area (Å²) < 4.78 is 1.85. The lowest BCUT2D eigenvalue weighted by atomic mass is 9.87. The number of hydrogen-bond donors (Lipinski definition) is 1. The van der Waals surface area contributed by atoms with Crippen LogP contribution in [0.3, 0.4) is 0 Å². The zero-order valence-corrected chi connectivity index (χ0v) is 8.78. The van der Waals surface area contributed by atoms with E-state index in [4.69, 9.17) is 0 Å². The van der Waals surface area contributed by atoms with Crippen LogP contribution in [0.2, 0.25) is 0 Å². The van der Waals surface area contributed by atoms with Gasteiger partial charge in [-0.1, -0.05) is 20.8 Å². The van der Waals surface area contributed by atoms with Crippen LogP contribution in [0.4, 0.5) is 0 Å². The van der Waals surface area contributed by atoms with Crippen molar-refractivity contribution in [2.45, 2.75) is 33.4 Å². The Labute approximate surface area is 79.4 Å². The molecule has 0 amide bonds. The van der Waals surface area contributed by atoms with Gasteiger partial charge >= 0.3 is 0 Å². The fraction of sp³-hybridized carbons (Fsp3) is 0.778. The molecule has 1 N–H and O–H groups in total. The molecule has 1 unspecified atom stereocenters. The molecular formula is C9H18N4. The minimum Gasteiger partial charge on any atom is -0.315 e. The quantitative estimate of drug-likeness (QED) is 0.755. The maximum Gasteiger partial charge on any atom is 0.137 e. The van der Waals surface area contributed by atoms with Gasteiger partial charge in [0.25, 0.3) is 0 Å². The van der Waals surface area contributed by atoms with Crippen LogP contribution >= 0.6 is 0 Å². The smallest absolute Gasteiger partial charge is 0.137 e. The van der Waals surface area contributed by atoms with E-state index in [2.05, 4.69) is 36.2 Å². The summed E-state index contributed by atoms with van der Waals surface area (Å²) in [6.45, 7) is 7.50. The van der Waals surface area contributed by atoms with Gasteiger partial charge in [0.05, 0.1) is 6.54 Å². The lowest BCUT2D eigenvalue weighted by molar-refractivity contribution is 0.247. The number of likely N-dealkylation sites (N-methyl/N-ethyl adjacent to an activating group) is 1. The number of nitrogens with zero attached hydrogens (tertiary/aromatic N) is 3. The van der Waals surface area contributed by atoms with Crippen molar-refractivity contribution in [3.8, 4) is 0 Å². The summed E-state index contributed by atoms with van der Waals surface area (Å²) in [4.78, 5) is 3.92. The molecule has 1 aromatic rings. The lowest BCUT2D eigenvalue weighted by Crippen LogP contribution is -2.41. The van der Waals surface area contributed by atoms with Gasteiger partial charge in [-0.25, -0.2) is 4.98 Å². The molecule has 0 aliphatic rings. The van der Waals surface area contributed by atoms with E-state index < -0.39 is 0 Å². The van der Waals surface area contributed by atoms with Crippen LogP contribution in [-0.2, 0) is 6.54 Å². The van der Waals surface area contributed by atoms with E-state index in [0.717, 1.165) is 6.54 Å². The third-order valence-corrected chi connectivity index (χ3v) is 2.23. The highest BCUT2D eigenvalue weighted by Crippen LogP contribution is 2.19. The van der Waals surface area contributed by atoms with Crippen molar-refractivity contribution in [1.29, 1.82) is 0 Å². The molecule has 0 radical (unpaired) electrons. The fourth-order valence-corrected chi connectivity index (χ4v) is 1.31. The summed E-state index contributed by atoms with van der Waals surface area (Å²) in [6.07, 6.45) is 3.31. The molecule has 1 atom stereocenters. The van der Waals surface area contributed by atoms with Crippen molar-refractivity contribution in [1.82, 2.24) is 20.1 Å². The first-order valence-corrected chi connectivity index (χ1v) is 4.53. The van der Waals surface area contributed by atoms with Crippen LogP contribution in [-0.4, -0.2) is 27.9 Å². The highest BCUT2D eigenvalue weighted by Gasteiger charge is 2.23. The molecule has 0 fully saturated rings. The molecule has 0 saturated heterocycles. The van der Waals surface area contributed by atoms with E-state index in [0.29, 0.717) is 6.04 Å². The van der Waals surface area contributed by atoms with E-state index in [1.54, 1.807) is 12.7 Å². The monoisotopic (exact) mass is 182 g/mol. The zero-order chi connectivity index (χ0) is 9.90. The zero-order valence-electron chi connectivity index (χ0n) is 8.78. The molecule has 0 aliphatic carbocycles. The maximum atomic E-state index is 4.08. The van der Waals surface area contributed by atoms with Crippen molar-refractivity contribution >= 4 is 0 Å². The molecule has 0 saturated carbocycles. The van der Waals surface area contributed by atoms with Crippen molar-refractivity contribution in [3.05, 3.63) is 12.7 Å². The normalized spacial score (nSPS) is 14.5. The van der Waals surface area contributed by atoms with Gasteiger partial charge in [-0.3, -0.25) is 4.68 Å². The van der Waals surface area contributed by atoms with Crippen molar-refractivity contribution < 1.29 is 0 Å². The molecule has 4 heteroatoms. The SMILES string of the molecule is CNC(Cn1cncn1)C(C)(C)C. The van der Waals surface area contributed by atoms with E-state index in [1.807, 2.05) is 11.7 Å². The first-order chi connectivity index (χ1) is 6.04. The van der Waals surface area contributed by atoms with Crippen LogP contribution < -0.4 is 5.32 Å². The molecule has 0 spiro atoms. The molecule has 1 heterocycles. The Balaban J connectivity index is 2.60. The fourth-order valence-electron chi connectivity index (χ4n) is 1.31. The standard InChI is InChI=1S/C9H18N4/c1-9(2,3)8(10-4)5-13-7-11-6-12-13/h6-8,10H,5H2,1-4H3. The van der Waals surface area contributed by atoms with Gasteiger partial charge in [0, 0.05) is 6.04 Å². The van der Waals surface area contributed by atoms with Gasteiger partial charge in [-0.2, -0.15) is 5.10 Å². The number of hydrogen-bond acceptors (Lipinski definition) is 3. The van der Waals surface area contributed by atoms with Gasteiger partial charge in [0.1, 0.15) is 12.7 Å². The van der Waals surface area contributed by atoms with Crippen LogP contribution in [0.1, 0.15) is 20.8 Å². The summed E-state index contributed by atoms with van der Waals surface area (Å²) in [7, 11) is 1.98. The molecule has 1 rings (SSSR count). The molecule has 1 aromatic heterocycles. The average molecular weight is 182 g/mol. The first kappa shape index (κ1) is 10.2. The van der Waals surface area contributed by atoms with Gasteiger partial charge in [-0.05, 0) is 12.5 Å². The highest BCUT2D eigenvalue weighted by molar-refractivity contribution is 4.79. The Bertz CT molecular complexity index is 235. The number of aromatic nitrogens is 3. The van der Waals surface area contributed by atoms with E-state index in [1.165, 1.54) is 0 Å². The molecule has 74 valence electrons. The van der Waals surface area contributed by atoms with E-state index >= 15 is 0 Å². The predicted molar refractivity (Wildman–Crippen MR) is 52.3 cm³/mol. The van der Waals surface area contributed by atoms with Gasteiger partial charge in [-0.15, -0.1) is 0 Å². The van der Waals surface area contributed by atoms with Crippen LogP contribution in [0.5, 0.6) is 0 Å². The van der Waals surface area contributed by atoms with E-state index in [-0.39, 0.29) is 5.41 Å². The molecule has 0 aliphatic heterocycles. The minimum absolute atomic E-state index is 0.237. The van der Waals surface area contributed by atoms with Crippen LogP contribution in [0, 0.1) is 5.41 Å². The first-order valence-electron chi connectivity index (χ1n) is 4.53. The van der Waals surface area contributed by atoms with Gasteiger partial charge in [0.2, 0.25) is 0 Å². The van der Waals surface area contributed by atoms with Crippen molar-refractivity contribution in [3.63, 3.8) is 0 Å². The Morgan fingerprint density at radius 1 is 1.46 bits per heavy atom. The summed E-state index contributed by atoms with van der Waals surface area (Å²) in [5, 5.41) is 7.37. The Morgan fingerprint density at radius 2 is 2.15 bits per heavy atom. The van der Waals surface area contributed by atoms with Crippen molar-refractivity contribution in [2.75, 3.05) is 7.05 Å². The molecule has 13 heavy (non-hydrogen) atoms. The molecule has 0 bridgehead atoms. The minimum atomic E-state index is 0.237. The topological polar surface area (TPSA) is 42.7 Å².